The largest absolute Gasteiger partial charge is 0.465 e. The molecule has 0 saturated heterocycles. The van der Waals surface area contributed by atoms with E-state index in [2.05, 4.69) is 10.8 Å². The molecule has 2 aromatic rings. The third kappa shape index (κ3) is 3.09. The number of esters is 1. The average molecular weight is 269 g/mol. The van der Waals surface area contributed by atoms with Crippen molar-refractivity contribution in [3.05, 3.63) is 57.8 Å². The predicted octanol–water partition coefficient (Wildman–Crippen LogP) is 3.60. The summed E-state index contributed by atoms with van der Waals surface area (Å²) in [5, 5.41) is 11.1. The van der Waals surface area contributed by atoms with E-state index in [1.807, 2.05) is 17.5 Å². The van der Waals surface area contributed by atoms with Gasteiger partial charge in [-0.15, -0.1) is 11.3 Å². The van der Waals surface area contributed by atoms with E-state index >= 15 is 0 Å². The monoisotopic (exact) mass is 269 g/mol. The molecular formula is C15H11NO2S. The second-order valence-corrected chi connectivity index (χ2v) is 4.71. The van der Waals surface area contributed by atoms with Gasteiger partial charge in [-0.1, -0.05) is 18.2 Å². The van der Waals surface area contributed by atoms with Crippen molar-refractivity contribution in [3.8, 4) is 6.07 Å². The zero-order valence-corrected chi connectivity index (χ0v) is 11.1. The summed E-state index contributed by atoms with van der Waals surface area (Å²) in [4.78, 5) is 12.2. The first-order valence-corrected chi connectivity index (χ1v) is 6.46. The van der Waals surface area contributed by atoms with E-state index < -0.39 is 0 Å². The molecule has 0 saturated carbocycles. The first kappa shape index (κ1) is 13.1. The summed E-state index contributed by atoms with van der Waals surface area (Å²) in [5.74, 6) is -0.366. The Hall–Kier alpha value is -2.38. The summed E-state index contributed by atoms with van der Waals surface area (Å²) >= 11 is 1.52. The van der Waals surface area contributed by atoms with Crippen LogP contribution in [-0.4, -0.2) is 13.1 Å². The molecule has 2 rings (SSSR count). The Morgan fingerprint density at radius 2 is 2.05 bits per heavy atom. The van der Waals surface area contributed by atoms with E-state index in [0.717, 1.165) is 10.4 Å². The summed E-state index contributed by atoms with van der Waals surface area (Å²) < 4.78 is 4.63. The van der Waals surface area contributed by atoms with E-state index in [4.69, 9.17) is 5.26 Å². The number of nitrogens with zero attached hydrogens (tertiary/aromatic N) is 1. The number of rotatable bonds is 3. The highest BCUT2D eigenvalue weighted by atomic mass is 32.1. The molecule has 0 aliphatic heterocycles. The third-order valence-electron chi connectivity index (χ3n) is 2.55. The van der Waals surface area contributed by atoms with Crippen LogP contribution in [-0.2, 0) is 4.74 Å². The van der Waals surface area contributed by atoms with Crippen molar-refractivity contribution in [2.45, 2.75) is 0 Å². The van der Waals surface area contributed by atoms with Crippen LogP contribution in [0.25, 0.3) is 11.6 Å². The van der Waals surface area contributed by atoms with Crippen molar-refractivity contribution in [1.82, 2.24) is 0 Å². The van der Waals surface area contributed by atoms with Gasteiger partial charge in [0.1, 0.15) is 6.07 Å². The van der Waals surface area contributed by atoms with Crippen LogP contribution in [0.1, 0.15) is 20.8 Å². The van der Waals surface area contributed by atoms with Crippen LogP contribution in [0.4, 0.5) is 0 Å². The highest BCUT2D eigenvalue weighted by molar-refractivity contribution is 7.11. The molecular weight excluding hydrogens is 258 g/mol. The number of ether oxygens (including phenoxy) is 1. The van der Waals surface area contributed by atoms with Gasteiger partial charge in [0.05, 0.1) is 18.2 Å². The third-order valence-corrected chi connectivity index (χ3v) is 3.45. The molecule has 3 nitrogen and oxygen atoms in total. The van der Waals surface area contributed by atoms with Gasteiger partial charge in [0.15, 0.2) is 0 Å². The van der Waals surface area contributed by atoms with E-state index in [-0.39, 0.29) is 5.97 Å². The van der Waals surface area contributed by atoms with Crippen molar-refractivity contribution in [3.63, 3.8) is 0 Å². The summed E-state index contributed by atoms with van der Waals surface area (Å²) in [6, 6.07) is 12.9. The van der Waals surface area contributed by atoms with Gasteiger partial charge in [0.25, 0.3) is 0 Å². The SMILES string of the molecule is COC(=O)c1ccc(C=C(C#N)c2cccs2)cc1. The number of benzene rings is 1. The van der Waals surface area contributed by atoms with E-state index in [1.54, 1.807) is 30.3 Å². The lowest BCUT2D eigenvalue weighted by Crippen LogP contribution is -2.00. The molecule has 0 atom stereocenters. The Morgan fingerprint density at radius 1 is 1.32 bits per heavy atom. The quantitative estimate of drug-likeness (QED) is 0.632. The van der Waals surface area contributed by atoms with Gasteiger partial charge in [0.2, 0.25) is 0 Å². The highest BCUT2D eigenvalue weighted by Gasteiger charge is 2.05. The number of methoxy groups -OCH3 is 1. The Morgan fingerprint density at radius 3 is 2.58 bits per heavy atom. The summed E-state index contributed by atoms with van der Waals surface area (Å²) in [6.45, 7) is 0. The molecule has 19 heavy (non-hydrogen) atoms. The number of carbonyl (C=O) groups is 1. The zero-order chi connectivity index (χ0) is 13.7. The van der Waals surface area contributed by atoms with Crippen molar-refractivity contribution in [2.75, 3.05) is 7.11 Å². The highest BCUT2D eigenvalue weighted by Crippen LogP contribution is 2.22. The van der Waals surface area contributed by atoms with Crippen LogP contribution in [0.5, 0.6) is 0 Å². The lowest BCUT2D eigenvalue weighted by molar-refractivity contribution is 0.0601. The number of carbonyl (C=O) groups excluding carboxylic acids is 1. The molecule has 0 aliphatic carbocycles. The smallest absolute Gasteiger partial charge is 0.337 e. The van der Waals surface area contributed by atoms with Gasteiger partial charge in [-0.05, 0) is 35.2 Å². The molecule has 0 radical (unpaired) electrons. The first-order chi connectivity index (χ1) is 9.24. The molecule has 0 unspecified atom stereocenters. The maximum Gasteiger partial charge on any atom is 0.337 e. The molecule has 1 aromatic carbocycles. The van der Waals surface area contributed by atoms with Crippen LogP contribution >= 0.6 is 11.3 Å². The fraction of sp³-hybridized carbons (Fsp3) is 0.0667. The van der Waals surface area contributed by atoms with Crippen LogP contribution in [0, 0.1) is 11.3 Å². The lowest BCUT2D eigenvalue weighted by Gasteiger charge is -2.00. The fourth-order valence-corrected chi connectivity index (χ4v) is 2.28. The molecule has 0 N–H and O–H groups in total. The summed E-state index contributed by atoms with van der Waals surface area (Å²) in [7, 11) is 1.35. The number of nitriles is 1. The molecule has 1 aromatic heterocycles. The predicted molar refractivity (Wildman–Crippen MR) is 75.6 cm³/mol. The molecule has 0 bridgehead atoms. The second kappa shape index (κ2) is 5.98. The van der Waals surface area contributed by atoms with E-state index in [0.29, 0.717) is 11.1 Å². The zero-order valence-electron chi connectivity index (χ0n) is 10.3. The standard InChI is InChI=1S/C15H11NO2S/c1-18-15(17)12-6-4-11(5-7-12)9-13(10-16)14-3-2-8-19-14/h2-9H,1H3. The Kier molecular flexibility index (Phi) is 4.11. The number of hydrogen-bond donors (Lipinski definition) is 0. The molecule has 0 amide bonds. The van der Waals surface area contributed by atoms with E-state index in [9.17, 15) is 4.79 Å². The number of thiophene rings is 1. The minimum Gasteiger partial charge on any atom is -0.465 e. The van der Waals surface area contributed by atoms with Gasteiger partial charge >= 0.3 is 5.97 Å². The van der Waals surface area contributed by atoms with Gasteiger partial charge in [-0.2, -0.15) is 5.26 Å². The lowest BCUT2D eigenvalue weighted by atomic mass is 10.1. The van der Waals surface area contributed by atoms with Crippen molar-refractivity contribution in [1.29, 1.82) is 5.26 Å². The molecule has 1 heterocycles. The maximum absolute atomic E-state index is 11.3. The summed E-state index contributed by atoms with van der Waals surface area (Å²) in [6.07, 6.45) is 1.80. The normalized spacial score (nSPS) is 10.8. The van der Waals surface area contributed by atoms with Gasteiger partial charge in [-0.3, -0.25) is 0 Å². The fourth-order valence-electron chi connectivity index (χ4n) is 1.59. The average Bonchev–Trinajstić information content (AvgIpc) is 2.98. The van der Waals surface area contributed by atoms with Gasteiger partial charge in [0, 0.05) is 4.88 Å². The van der Waals surface area contributed by atoms with Gasteiger partial charge < -0.3 is 4.74 Å². The van der Waals surface area contributed by atoms with Crippen LogP contribution in [0.3, 0.4) is 0 Å². The van der Waals surface area contributed by atoms with Crippen molar-refractivity contribution in [2.24, 2.45) is 0 Å². The second-order valence-electron chi connectivity index (χ2n) is 3.76. The van der Waals surface area contributed by atoms with Crippen molar-refractivity contribution < 1.29 is 9.53 Å². The van der Waals surface area contributed by atoms with Crippen molar-refractivity contribution >= 4 is 29.0 Å². The topological polar surface area (TPSA) is 50.1 Å². The van der Waals surface area contributed by atoms with Crippen LogP contribution < -0.4 is 0 Å². The molecule has 94 valence electrons. The molecule has 0 fully saturated rings. The molecule has 4 heteroatoms. The minimum absolute atomic E-state index is 0.366. The Bertz CT molecular complexity index is 634. The number of allylic oxidation sites excluding steroid dienone is 1. The number of hydrogen-bond acceptors (Lipinski definition) is 4. The Balaban J connectivity index is 2.28. The minimum atomic E-state index is -0.366. The van der Waals surface area contributed by atoms with Crippen LogP contribution in [0.15, 0.2) is 41.8 Å². The van der Waals surface area contributed by atoms with Crippen LogP contribution in [0.2, 0.25) is 0 Å². The van der Waals surface area contributed by atoms with E-state index in [1.165, 1.54) is 18.4 Å². The summed E-state index contributed by atoms with van der Waals surface area (Å²) in [5.41, 5.74) is 1.98. The molecule has 0 aliphatic rings. The first-order valence-electron chi connectivity index (χ1n) is 5.58. The molecule has 0 spiro atoms. The maximum atomic E-state index is 11.3. The van der Waals surface area contributed by atoms with Gasteiger partial charge in [-0.25, -0.2) is 4.79 Å². The Labute approximate surface area is 115 Å².